The molecule has 2 rings (SSSR count). The first-order chi connectivity index (χ1) is 12.8. The Balaban J connectivity index is 1.93. The van der Waals surface area contributed by atoms with Crippen molar-refractivity contribution in [3.8, 4) is 0 Å². The van der Waals surface area contributed by atoms with Crippen LogP contribution >= 0.6 is 0 Å². The lowest BCUT2D eigenvalue weighted by atomic mass is 10.2. The van der Waals surface area contributed by atoms with Crippen LogP contribution in [-0.2, 0) is 17.6 Å². The molecular weight excluding hydrogens is 340 g/mol. The van der Waals surface area contributed by atoms with E-state index < -0.39 is 11.7 Å². The second kappa shape index (κ2) is 9.35. The molecule has 0 aliphatic heterocycles. The zero-order chi connectivity index (χ0) is 19.9. The maximum Gasteiger partial charge on any atom is 0.415 e. The quantitative estimate of drug-likeness (QED) is 0.780. The van der Waals surface area contributed by atoms with Crippen molar-refractivity contribution < 1.29 is 9.53 Å². The summed E-state index contributed by atoms with van der Waals surface area (Å²) in [5.74, 6) is 1.45. The van der Waals surface area contributed by atoms with E-state index in [1.165, 1.54) is 4.90 Å². The van der Waals surface area contributed by atoms with Crippen molar-refractivity contribution in [2.24, 2.45) is 0 Å². The molecule has 0 fully saturated rings. The Bertz CT molecular complexity index is 756. The maximum absolute atomic E-state index is 12.2. The lowest BCUT2D eigenvalue weighted by Crippen LogP contribution is -2.34. The molecule has 6 heteroatoms. The van der Waals surface area contributed by atoms with E-state index in [1.54, 1.807) is 13.1 Å². The molecule has 1 amide bonds. The summed E-state index contributed by atoms with van der Waals surface area (Å²) in [6.07, 6.45) is 2.38. The standard InChI is InChI=1S/C21H30N4O2/c1-6-9-16-10-7-12-18(23-16)22-15-14-17-11-8-13-19(24-17)25(5)20(26)27-21(2,3)4/h7-8,10-13H,6,9,14-15H2,1-5H3,(H,22,23). The highest BCUT2D eigenvalue weighted by Crippen LogP contribution is 2.15. The van der Waals surface area contributed by atoms with Crippen LogP contribution in [-0.4, -0.2) is 35.3 Å². The number of rotatable bonds is 7. The Morgan fingerprint density at radius 3 is 2.41 bits per heavy atom. The molecule has 0 unspecified atom stereocenters. The number of anilines is 2. The van der Waals surface area contributed by atoms with Crippen molar-refractivity contribution in [1.82, 2.24) is 9.97 Å². The lowest BCUT2D eigenvalue weighted by Gasteiger charge is -2.24. The maximum atomic E-state index is 12.2. The average Bonchev–Trinajstić information content (AvgIpc) is 2.60. The molecule has 2 heterocycles. The molecule has 1 N–H and O–H groups in total. The SMILES string of the molecule is CCCc1cccc(NCCc2cccc(N(C)C(=O)OC(C)(C)C)n2)n1. The van der Waals surface area contributed by atoms with Gasteiger partial charge in [0.25, 0.3) is 0 Å². The van der Waals surface area contributed by atoms with Crippen molar-refractivity contribution in [2.45, 2.75) is 52.6 Å². The van der Waals surface area contributed by atoms with E-state index in [-0.39, 0.29) is 0 Å². The summed E-state index contributed by atoms with van der Waals surface area (Å²) in [6.45, 7) is 8.40. The number of carbonyl (C=O) groups excluding carboxylic acids is 1. The normalized spacial score (nSPS) is 11.1. The third-order valence-electron chi connectivity index (χ3n) is 3.80. The Morgan fingerprint density at radius 2 is 1.74 bits per heavy atom. The van der Waals surface area contributed by atoms with Gasteiger partial charge in [-0.2, -0.15) is 0 Å². The van der Waals surface area contributed by atoms with Crippen LogP contribution < -0.4 is 10.2 Å². The summed E-state index contributed by atoms with van der Waals surface area (Å²) in [5.41, 5.74) is 1.47. The van der Waals surface area contributed by atoms with Crippen molar-refractivity contribution in [3.63, 3.8) is 0 Å². The van der Waals surface area contributed by atoms with E-state index in [0.29, 0.717) is 5.82 Å². The fraction of sp³-hybridized carbons (Fsp3) is 0.476. The summed E-state index contributed by atoms with van der Waals surface area (Å²) in [7, 11) is 1.67. The molecule has 0 aliphatic carbocycles. The minimum absolute atomic E-state index is 0.415. The number of ether oxygens (including phenoxy) is 1. The Morgan fingerprint density at radius 1 is 1.07 bits per heavy atom. The molecule has 6 nitrogen and oxygen atoms in total. The van der Waals surface area contributed by atoms with E-state index >= 15 is 0 Å². The number of hydrogen-bond acceptors (Lipinski definition) is 5. The number of pyridine rings is 2. The molecule has 0 aliphatic rings. The highest BCUT2D eigenvalue weighted by atomic mass is 16.6. The van der Waals surface area contributed by atoms with Gasteiger partial charge in [-0.05, 0) is 51.5 Å². The van der Waals surface area contributed by atoms with Gasteiger partial charge in [-0.1, -0.05) is 25.5 Å². The van der Waals surface area contributed by atoms with Crippen LogP contribution in [0.5, 0.6) is 0 Å². The fourth-order valence-electron chi connectivity index (χ4n) is 2.51. The highest BCUT2D eigenvalue weighted by molar-refractivity contribution is 5.85. The Kier molecular flexibility index (Phi) is 7.16. The molecule has 0 spiro atoms. The first-order valence-electron chi connectivity index (χ1n) is 9.41. The van der Waals surface area contributed by atoms with E-state index in [9.17, 15) is 4.79 Å². The molecule has 0 atom stereocenters. The number of carbonyl (C=O) groups is 1. The van der Waals surface area contributed by atoms with Crippen LogP contribution in [0.3, 0.4) is 0 Å². The van der Waals surface area contributed by atoms with E-state index in [1.807, 2.05) is 51.1 Å². The molecule has 0 bridgehead atoms. The zero-order valence-electron chi connectivity index (χ0n) is 17.0. The topological polar surface area (TPSA) is 67.4 Å². The monoisotopic (exact) mass is 370 g/mol. The predicted molar refractivity (Wildman–Crippen MR) is 109 cm³/mol. The van der Waals surface area contributed by atoms with Crippen LogP contribution in [0.25, 0.3) is 0 Å². The van der Waals surface area contributed by atoms with Crippen LogP contribution in [0.1, 0.15) is 45.5 Å². The molecule has 146 valence electrons. The molecule has 0 aromatic carbocycles. The first kappa shape index (κ1) is 20.7. The number of amides is 1. The van der Waals surface area contributed by atoms with Gasteiger partial charge in [-0.15, -0.1) is 0 Å². The molecule has 0 saturated heterocycles. The Hall–Kier alpha value is -2.63. The van der Waals surface area contributed by atoms with Crippen molar-refractivity contribution >= 4 is 17.7 Å². The third kappa shape index (κ3) is 6.89. The second-order valence-corrected chi connectivity index (χ2v) is 7.47. The minimum Gasteiger partial charge on any atom is -0.443 e. The zero-order valence-corrected chi connectivity index (χ0v) is 17.0. The van der Waals surface area contributed by atoms with Gasteiger partial charge in [-0.3, -0.25) is 4.90 Å². The smallest absolute Gasteiger partial charge is 0.415 e. The summed E-state index contributed by atoms with van der Waals surface area (Å²) in [5, 5.41) is 3.34. The molecule has 2 aromatic heterocycles. The van der Waals surface area contributed by atoms with Gasteiger partial charge in [0.15, 0.2) is 0 Å². The molecule has 0 radical (unpaired) electrons. The summed E-state index contributed by atoms with van der Waals surface area (Å²) < 4.78 is 5.39. The fourth-order valence-corrected chi connectivity index (χ4v) is 2.51. The van der Waals surface area contributed by atoms with Crippen molar-refractivity contribution in [3.05, 3.63) is 47.8 Å². The highest BCUT2D eigenvalue weighted by Gasteiger charge is 2.21. The number of aryl methyl sites for hydroxylation is 1. The minimum atomic E-state index is -0.536. The second-order valence-electron chi connectivity index (χ2n) is 7.47. The molecule has 27 heavy (non-hydrogen) atoms. The van der Waals surface area contributed by atoms with Crippen LogP contribution in [0.4, 0.5) is 16.4 Å². The summed E-state index contributed by atoms with van der Waals surface area (Å²) >= 11 is 0. The van der Waals surface area contributed by atoms with Gasteiger partial charge in [0.1, 0.15) is 17.2 Å². The number of nitrogens with zero attached hydrogens (tertiary/aromatic N) is 3. The van der Waals surface area contributed by atoms with E-state index in [0.717, 1.165) is 43.0 Å². The van der Waals surface area contributed by atoms with Gasteiger partial charge >= 0.3 is 6.09 Å². The number of nitrogens with one attached hydrogen (secondary N) is 1. The number of aromatic nitrogens is 2. The van der Waals surface area contributed by atoms with E-state index in [2.05, 4.69) is 22.2 Å². The largest absolute Gasteiger partial charge is 0.443 e. The lowest BCUT2D eigenvalue weighted by molar-refractivity contribution is 0.0588. The van der Waals surface area contributed by atoms with Crippen molar-refractivity contribution in [2.75, 3.05) is 23.8 Å². The van der Waals surface area contributed by atoms with Crippen molar-refractivity contribution in [1.29, 1.82) is 0 Å². The van der Waals surface area contributed by atoms with E-state index in [4.69, 9.17) is 4.74 Å². The van der Waals surface area contributed by atoms with Gasteiger partial charge in [-0.25, -0.2) is 14.8 Å². The van der Waals surface area contributed by atoms with Gasteiger partial charge in [0.05, 0.1) is 0 Å². The summed E-state index contributed by atoms with van der Waals surface area (Å²) in [4.78, 5) is 22.8. The Labute approximate surface area is 162 Å². The first-order valence-corrected chi connectivity index (χ1v) is 9.41. The third-order valence-corrected chi connectivity index (χ3v) is 3.80. The van der Waals surface area contributed by atoms with Crippen LogP contribution in [0, 0.1) is 0 Å². The van der Waals surface area contributed by atoms with Gasteiger partial charge < -0.3 is 10.1 Å². The van der Waals surface area contributed by atoms with Crippen LogP contribution in [0.15, 0.2) is 36.4 Å². The molecular formula is C21H30N4O2. The average molecular weight is 370 g/mol. The number of hydrogen-bond donors (Lipinski definition) is 1. The predicted octanol–water partition coefficient (Wildman–Crippen LogP) is 4.46. The molecule has 0 saturated carbocycles. The molecule has 2 aromatic rings. The van der Waals surface area contributed by atoms with Gasteiger partial charge in [0, 0.05) is 31.4 Å². The summed E-state index contributed by atoms with van der Waals surface area (Å²) in [6, 6.07) is 11.7. The van der Waals surface area contributed by atoms with Crippen LogP contribution in [0.2, 0.25) is 0 Å². The van der Waals surface area contributed by atoms with Gasteiger partial charge in [0.2, 0.25) is 0 Å².